The van der Waals surface area contributed by atoms with Crippen LogP contribution >= 0.6 is 0 Å². The maximum Gasteiger partial charge on any atom is 0.253 e. The molecule has 1 saturated heterocycles. The van der Waals surface area contributed by atoms with Gasteiger partial charge in [-0.3, -0.25) is 4.79 Å². The molecule has 2 aromatic carbocycles. The highest BCUT2D eigenvalue weighted by Crippen LogP contribution is 2.14. The molecule has 0 bridgehead atoms. The molecule has 1 fully saturated rings. The highest BCUT2D eigenvalue weighted by Gasteiger charge is 2.17. The summed E-state index contributed by atoms with van der Waals surface area (Å²) in [5, 5.41) is 3.13. The largest absolute Gasteiger partial charge is 0.370 e. The van der Waals surface area contributed by atoms with E-state index in [0.717, 1.165) is 49.2 Å². The SMILES string of the molecule is CCc1cccc(NC(N)=NCc2ccc(C(=O)N3CCCCC3)cc2)c1. The number of hydrogen-bond donors (Lipinski definition) is 2. The number of benzene rings is 2. The first-order chi connectivity index (χ1) is 13.2. The molecule has 0 aliphatic carbocycles. The molecule has 5 heteroatoms. The topological polar surface area (TPSA) is 70.7 Å². The van der Waals surface area contributed by atoms with Crippen molar-refractivity contribution in [1.82, 2.24) is 4.90 Å². The molecule has 3 N–H and O–H groups in total. The molecule has 0 saturated carbocycles. The van der Waals surface area contributed by atoms with Gasteiger partial charge in [-0.25, -0.2) is 4.99 Å². The second-order valence-electron chi connectivity index (χ2n) is 6.93. The van der Waals surface area contributed by atoms with Crippen LogP contribution in [-0.2, 0) is 13.0 Å². The Balaban J connectivity index is 1.57. The van der Waals surface area contributed by atoms with Gasteiger partial charge in [-0.15, -0.1) is 0 Å². The maximum absolute atomic E-state index is 12.5. The Hall–Kier alpha value is -2.82. The van der Waals surface area contributed by atoms with Crippen LogP contribution in [0.2, 0.25) is 0 Å². The van der Waals surface area contributed by atoms with Gasteiger partial charge in [0.05, 0.1) is 6.54 Å². The van der Waals surface area contributed by atoms with E-state index in [1.165, 1.54) is 12.0 Å². The third kappa shape index (κ3) is 5.33. The standard InChI is InChI=1S/C22H28N4O/c1-2-17-7-6-8-20(15-17)25-22(23)24-16-18-9-11-19(12-10-18)21(27)26-13-4-3-5-14-26/h6-12,15H,2-5,13-14,16H2,1H3,(H3,23,24,25). The smallest absolute Gasteiger partial charge is 0.253 e. The van der Waals surface area contributed by atoms with Crippen LogP contribution in [0, 0.1) is 0 Å². The lowest BCUT2D eigenvalue weighted by Gasteiger charge is -2.26. The first-order valence-corrected chi connectivity index (χ1v) is 9.70. The van der Waals surface area contributed by atoms with Gasteiger partial charge in [0.2, 0.25) is 0 Å². The summed E-state index contributed by atoms with van der Waals surface area (Å²) >= 11 is 0. The van der Waals surface area contributed by atoms with E-state index in [1.54, 1.807) is 0 Å². The molecule has 1 amide bonds. The Labute approximate surface area is 161 Å². The Morgan fingerprint density at radius 2 is 1.81 bits per heavy atom. The van der Waals surface area contributed by atoms with E-state index in [2.05, 4.69) is 29.4 Å². The molecule has 1 heterocycles. The maximum atomic E-state index is 12.5. The van der Waals surface area contributed by atoms with Crippen LogP contribution in [0.3, 0.4) is 0 Å². The zero-order valence-corrected chi connectivity index (χ0v) is 15.9. The van der Waals surface area contributed by atoms with Crippen LogP contribution < -0.4 is 11.1 Å². The van der Waals surface area contributed by atoms with E-state index in [0.29, 0.717) is 12.5 Å². The number of amides is 1. The van der Waals surface area contributed by atoms with Gasteiger partial charge in [-0.2, -0.15) is 0 Å². The van der Waals surface area contributed by atoms with Crippen LogP contribution in [0.4, 0.5) is 5.69 Å². The second kappa shape index (κ2) is 9.21. The molecular weight excluding hydrogens is 336 g/mol. The second-order valence-corrected chi connectivity index (χ2v) is 6.93. The predicted molar refractivity (Wildman–Crippen MR) is 111 cm³/mol. The third-order valence-electron chi connectivity index (χ3n) is 4.88. The molecule has 3 rings (SSSR count). The van der Waals surface area contributed by atoms with Crippen molar-refractivity contribution in [2.45, 2.75) is 39.2 Å². The van der Waals surface area contributed by atoms with Crippen molar-refractivity contribution in [2.75, 3.05) is 18.4 Å². The van der Waals surface area contributed by atoms with Gasteiger partial charge >= 0.3 is 0 Å². The van der Waals surface area contributed by atoms with Gasteiger partial charge in [0.25, 0.3) is 5.91 Å². The van der Waals surface area contributed by atoms with Crippen LogP contribution in [0.5, 0.6) is 0 Å². The number of nitrogens with one attached hydrogen (secondary N) is 1. The van der Waals surface area contributed by atoms with Crippen LogP contribution in [0.1, 0.15) is 47.7 Å². The molecule has 27 heavy (non-hydrogen) atoms. The number of nitrogens with two attached hydrogens (primary N) is 1. The number of aliphatic imine (C=N–C) groups is 1. The van der Waals surface area contributed by atoms with E-state index in [1.807, 2.05) is 41.3 Å². The monoisotopic (exact) mass is 364 g/mol. The molecule has 0 atom stereocenters. The van der Waals surface area contributed by atoms with Crippen molar-refractivity contribution >= 4 is 17.6 Å². The Kier molecular flexibility index (Phi) is 6.47. The van der Waals surface area contributed by atoms with E-state index in [4.69, 9.17) is 5.73 Å². The number of rotatable bonds is 5. The van der Waals surface area contributed by atoms with Crippen molar-refractivity contribution in [2.24, 2.45) is 10.7 Å². The minimum Gasteiger partial charge on any atom is -0.370 e. The summed E-state index contributed by atoms with van der Waals surface area (Å²) < 4.78 is 0. The number of aryl methyl sites for hydroxylation is 1. The summed E-state index contributed by atoms with van der Waals surface area (Å²) in [5.74, 6) is 0.512. The average Bonchev–Trinajstić information content (AvgIpc) is 2.73. The minimum atomic E-state index is 0.127. The number of piperidine rings is 1. The predicted octanol–water partition coefficient (Wildman–Crippen LogP) is 3.80. The number of anilines is 1. The first kappa shape index (κ1) is 19.0. The van der Waals surface area contributed by atoms with Crippen molar-refractivity contribution in [3.05, 3.63) is 65.2 Å². The minimum absolute atomic E-state index is 0.127. The van der Waals surface area contributed by atoms with Gasteiger partial charge in [0.1, 0.15) is 0 Å². The number of nitrogens with zero attached hydrogens (tertiary/aromatic N) is 2. The van der Waals surface area contributed by atoms with Crippen molar-refractivity contribution in [3.63, 3.8) is 0 Å². The van der Waals surface area contributed by atoms with E-state index in [-0.39, 0.29) is 5.91 Å². The van der Waals surface area contributed by atoms with Crippen LogP contribution in [0.15, 0.2) is 53.5 Å². The summed E-state index contributed by atoms with van der Waals surface area (Å²) in [4.78, 5) is 18.8. The normalized spacial score (nSPS) is 14.9. The fourth-order valence-corrected chi connectivity index (χ4v) is 3.27. The molecule has 2 aromatic rings. The van der Waals surface area contributed by atoms with Gasteiger partial charge in [-0.1, -0.05) is 31.2 Å². The third-order valence-corrected chi connectivity index (χ3v) is 4.88. The van der Waals surface area contributed by atoms with Crippen molar-refractivity contribution < 1.29 is 4.79 Å². The number of guanidine groups is 1. The summed E-state index contributed by atoms with van der Waals surface area (Å²) in [6.45, 7) is 4.33. The lowest BCUT2D eigenvalue weighted by Crippen LogP contribution is -2.35. The molecule has 0 radical (unpaired) electrons. The van der Waals surface area contributed by atoms with Gasteiger partial charge in [0.15, 0.2) is 5.96 Å². The Morgan fingerprint density at radius 3 is 2.52 bits per heavy atom. The number of hydrogen-bond acceptors (Lipinski definition) is 2. The quantitative estimate of drug-likeness (QED) is 0.626. The first-order valence-electron chi connectivity index (χ1n) is 9.70. The van der Waals surface area contributed by atoms with E-state index < -0.39 is 0 Å². The summed E-state index contributed by atoms with van der Waals surface area (Å²) in [7, 11) is 0. The highest BCUT2D eigenvalue weighted by molar-refractivity contribution is 5.94. The number of carbonyl (C=O) groups excluding carboxylic acids is 1. The van der Waals surface area contributed by atoms with Crippen LogP contribution in [-0.4, -0.2) is 29.9 Å². The molecule has 5 nitrogen and oxygen atoms in total. The molecular formula is C22H28N4O. The molecule has 1 aliphatic rings. The molecule has 142 valence electrons. The number of likely N-dealkylation sites (tertiary alicyclic amines) is 1. The molecule has 0 unspecified atom stereocenters. The Bertz CT molecular complexity index is 792. The molecule has 1 aliphatic heterocycles. The van der Waals surface area contributed by atoms with E-state index >= 15 is 0 Å². The zero-order valence-electron chi connectivity index (χ0n) is 15.9. The average molecular weight is 364 g/mol. The van der Waals surface area contributed by atoms with Gasteiger partial charge < -0.3 is 16.0 Å². The zero-order chi connectivity index (χ0) is 19.1. The Morgan fingerprint density at radius 1 is 1.07 bits per heavy atom. The fourth-order valence-electron chi connectivity index (χ4n) is 3.27. The fraction of sp³-hybridized carbons (Fsp3) is 0.364. The number of carbonyl (C=O) groups is 1. The summed E-state index contributed by atoms with van der Waals surface area (Å²) in [5.41, 5.74) is 9.96. The summed E-state index contributed by atoms with van der Waals surface area (Å²) in [6, 6.07) is 15.8. The van der Waals surface area contributed by atoms with E-state index in [9.17, 15) is 4.79 Å². The highest BCUT2D eigenvalue weighted by atomic mass is 16.2. The lowest BCUT2D eigenvalue weighted by atomic mass is 10.1. The van der Waals surface area contributed by atoms with Crippen molar-refractivity contribution in [1.29, 1.82) is 0 Å². The van der Waals surface area contributed by atoms with Crippen LogP contribution in [0.25, 0.3) is 0 Å². The summed E-state index contributed by atoms with van der Waals surface area (Å²) in [6.07, 6.45) is 4.41. The van der Waals surface area contributed by atoms with Crippen molar-refractivity contribution in [3.8, 4) is 0 Å². The molecule has 0 aromatic heterocycles. The van der Waals surface area contributed by atoms with Gasteiger partial charge in [0, 0.05) is 24.3 Å². The van der Waals surface area contributed by atoms with Gasteiger partial charge in [-0.05, 0) is 61.1 Å². The molecule has 0 spiro atoms. The lowest BCUT2D eigenvalue weighted by molar-refractivity contribution is 0.0724.